The van der Waals surface area contributed by atoms with Gasteiger partial charge in [-0.05, 0) is 19.4 Å². The lowest BCUT2D eigenvalue weighted by atomic mass is 9.84. The van der Waals surface area contributed by atoms with Gasteiger partial charge in [-0.15, -0.1) is 0 Å². The van der Waals surface area contributed by atoms with Gasteiger partial charge >= 0.3 is 5.97 Å². The van der Waals surface area contributed by atoms with Crippen LogP contribution in [-0.4, -0.2) is 55.1 Å². The van der Waals surface area contributed by atoms with Crippen LogP contribution >= 0.6 is 0 Å². The molecule has 0 aromatic carbocycles. The summed E-state index contributed by atoms with van der Waals surface area (Å²) >= 11 is 0. The molecule has 0 aliphatic heterocycles. The number of hydrogen-bond donors (Lipinski definition) is 3. The molecule has 0 bridgehead atoms. The van der Waals surface area contributed by atoms with Gasteiger partial charge in [-0.25, -0.2) is 4.79 Å². The third-order valence-electron chi connectivity index (χ3n) is 3.34. The van der Waals surface area contributed by atoms with Crippen LogP contribution in [0.1, 0.15) is 27.7 Å². The predicted molar refractivity (Wildman–Crippen MR) is 88.5 cm³/mol. The Bertz CT molecular complexity index is 450. The summed E-state index contributed by atoms with van der Waals surface area (Å²) in [6.07, 6.45) is 1.63. The summed E-state index contributed by atoms with van der Waals surface area (Å²) in [4.78, 5) is 24.5. The second-order valence-electron chi connectivity index (χ2n) is 6.46. The number of nitrogens with zero attached hydrogens (tertiary/aromatic N) is 1. The third kappa shape index (κ3) is 6.76. The van der Waals surface area contributed by atoms with Crippen molar-refractivity contribution in [2.75, 3.05) is 27.2 Å². The monoisotopic (exact) mass is 311 g/mol. The average Bonchev–Trinajstić information content (AvgIpc) is 2.39. The summed E-state index contributed by atoms with van der Waals surface area (Å²) in [6, 6.07) is -0.239. The van der Waals surface area contributed by atoms with Crippen LogP contribution in [-0.2, 0) is 9.59 Å². The fraction of sp³-hybridized carbons (Fsp3) is 0.625. The van der Waals surface area contributed by atoms with E-state index in [1.54, 1.807) is 20.0 Å². The second kappa shape index (κ2) is 8.58. The maximum absolute atomic E-state index is 11.9. The first-order valence-electron chi connectivity index (χ1n) is 7.24. The maximum Gasteiger partial charge on any atom is 0.331 e. The normalized spacial score (nSPS) is 13.5. The highest BCUT2D eigenvalue weighted by atomic mass is 16.4. The average molecular weight is 311 g/mol. The van der Waals surface area contributed by atoms with Gasteiger partial charge in [0.1, 0.15) is 0 Å². The minimum absolute atomic E-state index is 0.103. The van der Waals surface area contributed by atoms with Crippen LogP contribution in [0.25, 0.3) is 0 Å². The van der Waals surface area contributed by atoms with E-state index in [2.05, 4.69) is 17.2 Å². The molecule has 6 nitrogen and oxygen atoms in total. The Labute approximate surface area is 133 Å². The van der Waals surface area contributed by atoms with Crippen molar-refractivity contribution in [1.82, 2.24) is 15.5 Å². The lowest BCUT2D eigenvalue weighted by Gasteiger charge is -2.37. The van der Waals surface area contributed by atoms with E-state index in [0.29, 0.717) is 6.54 Å². The number of nitrogens with one attached hydrogen (secondary N) is 2. The smallest absolute Gasteiger partial charge is 0.331 e. The summed E-state index contributed by atoms with van der Waals surface area (Å²) in [5.74, 6) is -1.04. The molecular weight excluding hydrogens is 282 g/mol. The quantitative estimate of drug-likeness (QED) is 0.587. The lowest BCUT2D eigenvalue weighted by molar-refractivity contribution is -0.132. The molecule has 1 unspecified atom stereocenters. The van der Waals surface area contributed by atoms with E-state index in [0.717, 1.165) is 5.70 Å². The zero-order valence-electron chi connectivity index (χ0n) is 14.5. The van der Waals surface area contributed by atoms with Crippen LogP contribution in [0.3, 0.4) is 0 Å². The third-order valence-corrected chi connectivity index (χ3v) is 3.34. The number of likely N-dealkylation sites (N-methyl/N-ethyl adjacent to an activating group) is 2. The number of aliphatic carboxylic acids is 1. The molecule has 22 heavy (non-hydrogen) atoms. The van der Waals surface area contributed by atoms with E-state index < -0.39 is 5.97 Å². The number of carbonyl (C=O) groups excluding carboxylic acids is 1. The highest BCUT2D eigenvalue weighted by Gasteiger charge is 2.30. The summed E-state index contributed by atoms with van der Waals surface area (Å²) < 4.78 is 0. The molecule has 0 radical (unpaired) electrons. The van der Waals surface area contributed by atoms with Gasteiger partial charge in [0, 0.05) is 24.9 Å². The van der Waals surface area contributed by atoms with Crippen molar-refractivity contribution in [2.24, 2.45) is 5.41 Å². The highest BCUT2D eigenvalue weighted by Crippen LogP contribution is 2.25. The van der Waals surface area contributed by atoms with Gasteiger partial charge in [-0.1, -0.05) is 33.4 Å². The first-order valence-corrected chi connectivity index (χ1v) is 7.24. The Morgan fingerprint density at radius 1 is 1.36 bits per heavy atom. The van der Waals surface area contributed by atoms with Gasteiger partial charge < -0.3 is 20.6 Å². The highest BCUT2D eigenvalue weighted by molar-refractivity contribution is 5.85. The maximum atomic E-state index is 11.9. The number of rotatable bonds is 8. The zero-order valence-corrected chi connectivity index (χ0v) is 14.5. The molecule has 0 aromatic heterocycles. The first-order chi connectivity index (χ1) is 10.0. The standard InChI is InChI=1S/C16H29N3O3/c1-11(15(21)22)8-9-19(7)12(2)14(16(3,4)5)18-13(20)10-17-6/h8,14,17H,2,9-10H2,1,3-7H3,(H,18,20)(H,21,22)/b11-8+. The van der Waals surface area contributed by atoms with E-state index >= 15 is 0 Å². The summed E-state index contributed by atoms with van der Waals surface area (Å²) in [6.45, 7) is 12.3. The van der Waals surface area contributed by atoms with Crippen LogP contribution in [0.4, 0.5) is 0 Å². The van der Waals surface area contributed by atoms with Gasteiger partial charge in [-0.2, -0.15) is 0 Å². The molecule has 0 aliphatic carbocycles. The zero-order chi connectivity index (χ0) is 17.5. The van der Waals surface area contributed by atoms with E-state index in [4.69, 9.17) is 5.11 Å². The first kappa shape index (κ1) is 20.2. The van der Waals surface area contributed by atoms with Crippen molar-refractivity contribution in [3.05, 3.63) is 23.9 Å². The molecule has 0 aliphatic rings. The minimum Gasteiger partial charge on any atom is -0.478 e. The number of carbonyl (C=O) groups is 2. The van der Waals surface area contributed by atoms with E-state index in [9.17, 15) is 9.59 Å². The fourth-order valence-electron chi connectivity index (χ4n) is 1.87. The van der Waals surface area contributed by atoms with Crippen molar-refractivity contribution >= 4 is 11.9 Å². The van der Waals surface area contributed by atoms with Gasteiger partial charge in [0.05, 0.1) is 12.6 Å². The number of amides is 1. The molecular formula is C16H29N3O3. The van der Waals surface area contributed by atoms with Gasteiger partial charge in [-0.3, -0.25) is 4.79 Å². The Morgan fingerprint density at radius 2 is 1.91 bits per heavy atom. The number of hydrogen-bond acceptors (Lipinski definition) is 4. The molecule has 1 amide bonds. The van der Waals surface area contributed by atoms with Gasteiger partial charge in [0.25, 0.3) is 0 Å². The Balaban J connectivity index is 5.00. The summed E-state index contributed by atoms with van der Waals surface area (Å²) in [5, 5.41) is 14.7. The molecule has 0 spiro atoms. The van der Waals surface area contributed by atoms with E-state index in [-0.39, 0.29) is 29.5 Å². The Morgan fingerprint density at radius 3 is 2.32 bits per heavy atom. The molecule has 0 heterocycles. The second-order valence-corrected chi connectivity index (χ2v) is 6.46. The summed E-state index contributed by atoms with van der Waals surface area (Å²) in [7, 11) is 3.54. The van der Waals surface area contributed by atoms with Crippen LogP contribution in [0, 0.1) is 5.41 Å². The largest absolute Gasteiger partial charge is 0.478 e. The Kier molecular flexibility index (Phi) is 7.87. The van der Waals surface area contributed by atoms with Crippen molar-refractivity contribution in [3.63, 3.8) is 0 Å². The van der Waals surface area contributed by atoms with Crippen molar-refractivity contribution in [1.29, 1.82) is 0 Å². The van der Waals surface area contributed by atoms with Gasteiger partial charge in [0.2, 0.25) is 5.91 Å². The topological polar surface area (TPSA) is 81.7 Å². The van der Waals surface area contributed by atoms with Crippen molar-refractivity contribution in [2.45, 2.75) is 33.7 Å². The molecule has 0 saturated heterocycles. The predicted octanol–water partition coefficient (Wildman–Crippen LogP) is 1.21. The number of carboxylic acids is 1. The fourth-order valence-corrected chi connectivity index (χ4v) is 1.87. The molecule has 1 atom stereocenters. The van der Waals surface area contributed by atoms with Crippen molar-refractivity contribution < 1.29 is 14.7 Å². The van der Waals surface area contributed by atoms with Crippen LogP contribution < -0.4 is 10.6 Å². The summed E-state index contributed by atoms with van der Waals surface area (Å²) in [5.41, 5.74) is 0.817. The molecule has 3 N–H and O–H groups in total. The Hall–Kier alpha value is -1.82. The molecule has 0 rings (SSSR count). The minimum atomic E-state index is -0.936. The van der Waals surface area contributed by atoms with Gasteiger partial charge in [0.15, 0.2) is 0 Å². The number of carboxylic acid groups (broad SMARTS) is 1. The molecule has 0 fully saturated rings. The SMILES string of the molecule is C=C(C(NC(=O)CNC)C(C)(C)C)N(C)C/C=C(\C)C(=O)O. The molecule has 6 heteroatoms. The molecule has 126 valence electrons. The lowest BCUT2D eigenvalue weighted by Crippen LogP contribution is -2.50. The van der Waals surface area contributed by atoms with Crippen LogP contribution in [0.15, 0.2) is 23.9 Å². The molecule has 0 saturated carbocycles. The van der Waals surface area contributed by atoms with E-state index in [1.165, 1.54) is 0 Å². The van der Waals surface area contributed by atoms with Crippen LogP contribution in [0.2, 0.25) is 0 Å². The van der Waals surface area contributed by atoms with Crippen molar-refractivity contribution in [3.8, 4) is 0 Å². The molecule has 0 aromatic rings. The van der Waals surface area contributed by atoms with E-state index in [1.807, 2.05) is 32.7 Å². The van der Waals surface area contributed by atoms with Crippen LogP contribution in [0.5, 0.6) is 0 Å².